The second-order valence-corrected chi connectivity index (χ2v) is 5.79. The maximum absolute atomic E-state index is 12.6. The van der Waals surface area contributed by atoms with Gasteiger partial charge in [-0.25, -0.2) is 0 Å². The predicted octanol–water partition coefficient (Wildman–Crippen LogP) is 1.36. The first-order valence-corrected chi connectivity index (χ1v) is 7.34. The summed E-state index contributed by atoms with van der Waals surface area (Å²) >= 11 is 0. The number of carbonyl (C=O) groups is 2. The molecule has 20 heavy (non-hydrogen) atoms. The predicted molar refractivity (Wildman–Crippen MR) is 76.0 cm³/mol. The molecule has 1 saturated heterocycles. The minimum Gasteiger partial charge on any atom is -0.344 e. The summed E-state index contributed by atoms with van der Waals surface area (Å²) in [5.41, 5.74) is 1.08. The Kier molecular flexibility index (Phi) is 3.72. The zero-order valence-corrected chi connectivity index (χ0v) is 11.5. The van der Waals surface area contributed by atoms with Crippen LogP contribution in [0.4, 0.5) is 0 Å². The molecule has 1 aliphatic carbocycles. The van der Waals surface area contributed by atoms with E-state index in [4.69, 9.17) is 0 Å². The summed E-state index contributed by atoms with van der Waals surface area (Å²) in [7, 11) is 0. The minimum absolute atomic E-state index is 0.0161. The topological polar surface area (TPSA) is 49.4 Å². The lowest BCUT2D eigenvalue weighted by molar-refractivity contribution is -0.133. The molecule has 0 bridgehead atoms. The van der Waals surface area contributed by atoms with Gasteiger partial charge in [-0.2, -0.15) is 0 Å². The number of amides is 2. The highest BCUT2D eigenvalue weighted by Gasteiger charge is 2.33. The molecule has 0 radical (unpaired) electrons. The third-order valence-corrected chi connectivity index (χ3v) is 4.01. The maximum Gasteiger partial charge on any atom is 0.245 e. The van der Waals surface area contributed by atoms with Gasteiger partial charge in [-0.15, -0.1) is 0 Å². The van der Waals surface area contributed by atoms with E-state index in [1.165, 1.54) is 12.8 Å². The second-order valence-electron chi connectivity index (χ2n) is 5.79. The molecule has 1 unspecified atom stereocenters. The first-order valence-electron chi connectivity index (χ1n) is 7.34. The molecule has 3 rings (SSSR count). The van der Waals surface area contributed by atoms with Crippen molar-refractivity contribution in [2.75, 3.05) is 13.1 Å². The largest absolute Gasteiger partial charge is 0.344 e. The summed E-state index contributed by atoms with van der Waals surface area (Å²) < 4.78 is 0. The summed E-state index contributed by atoms with van der Waals surface area (Å²) in [5.74, 6) is 0.716. The Morgan fingerprint density at radius 1 is 1.15 bits per heavy atom. The number of nitrogens with zero attached hydrogens (tertiary/aromatic N) is 1. The van der Waals surface area contributed by atoms with Crippen LogP contribution in [0.2, 0.25) is 0 Å². The Hall–Kier alpha value is -1.84. The Balaban J connectivity index is 1.72. The third kappa shape index (κ3) is 3.18. The van der Waals surface area contributed by atoms with Gasteiger partial charge in [-0.05, 0) is 24.3 Å². The van der Waals surface area contributed by atoms with Crippen molar-refractivity contribution in [1.29, 1.82) is 0 Å². The summed E-state index contributed by atoms with van der Waals surface area (Å²) in [6, 6.07) is 9.45. The molecule has 1 aliphatic heterocycles. The van der Waals surface area contributed by atoms with Gasteiger partial charge in [-0.1, -0.05) is 30.3 Å². The molecule has 2 aliphatic rings. The highest BCUT2D eigenvalue weighted by atomic mass is 16.2. The average molecular weight is 272 g/mol. The SMILES string of the molecule is O=C1CCN(CC2CC2)C(=O)C(Cc2ccccc2)N1. The average Bonchev–Trinajstić information content (AvgIpc) is 3.27. The van der Waals surface area contributed by atoms with Crippen molar-refractivity contribution in [3.8, 4) is 0 Å². The fraction of sp³-hybridized carbons (Fsp3) is 0.500. The van der Waals surface area contributed by atoms with Crippen LogP contribution < -0.4 is 5.32 Å². The fourth-order valence-electron chi connectivity index (χ4n) is 2.68. The van der Waals surface area contributed by atoms with Gasteiger partial charge in [0, 0.05) is 25.9 Å². The summed E-state index contributed by atoms with van der Waals surface area (Å²) in [6.07, 6.45) is 3.43. The van der Waals surface area contributed by atoms with E-state index in [0.717, 1.165) is 12.1 Å². The summed E-state index contributed by atoms with van der Waals surface area (Å²) in [4.78, 5) is 26.2. The zero-order chi connectivity index (χ0) is 13.9. The Morgan fingerprint density at radius 2 is 1.90 bits per heavy atom. The second kappa shape index (κ2) is 5.65. The lowest BCUT2D eigenvalue weighted by atomic mass is 10.0. The van der Waals surface area contributed by atoms with Gasteiger partial charge in [0.1, 0.15) is 6.04 Å². The van der Waals surface area contributed by atoms with Crippen molar-refractivity contribution in [2.24, 2.45) is 5.92 Å². The van der Waals surface area contributed by atoms with Gasteiger partial charge in [-0.3, -0.25) is 9.59 Å². The molecule has 0 aromatic heterocycles. The van der Waals surface area contributed by atoms with Crippen LogP contribution in [0.3, 0.4) is 0 Å². The molecule has 1 heterocycles. The van der Waals surface area contributed by atoms with Crippen LogP contribution in [0.25, 0.3) is 0 Å². The summed E-state index contributed by atoms with van der Waals surface area (Å²) in [6.45, 7) is 1.38. The smallest absolute Gasteiger partial charge is 0.245 e. The molecule has 1 saturated carbocycles. The molecule has 2 fully saturated rings. The van der Waals surface area contributed by atoms with E-state index in [1.54, 1.807) is 0 Å². The number of nitrogens with one attached hydrogen (secondary N) is 1. The van der Waals surface area contributed by atoms with E-state index in [1.807, 2.05) is 35.2 Å². The van der Waals surface area contributed by atoms with Crippen LogP contribution in [-0.2, 0) is 16.0 Å². The first kappa shape index (κ1) is 13.2. The van der Waals surface area contributed by atoms with E-state index >= 15 is 0 Å². The van der Waals surface area contributed by atoms with Gasteiger partial charge in [0.05, 0.1) is 0 Å². The molecule has 1 N–H and O–H groups in total. The van der Waals surface area contributed by atoms with Gasteiger partial charge >= 0.3 is 0 Å². The fourth-order valence-corrected chi connectivity index (χ4v) is 2.68. The Morgan fingerprint density at radius 3 is 2.60 bits per heavy atom. The molecule has 4 heteroatoms. The van der Waals surface area contributed by atoms with Crippen molar-refractivity contribution in [3.05, 3.63) is 35.9 Å². The van der Waals surface area contributed by atoms with Crippen LogP contribution in [0.15, 0.2) is 30.3 Å². The van der Waals surface area contributed by atoms with Gasteiger partial charge in [0.15, 0.2) is 0 Å². The van der Waals surface area contributed by atoms with E-state index in [2.05, 4.69) is 5.32 Å². The highest BCUT2D eigenvalue weighted by molar-refractivity contribution is 5.90. The van der Waals surface area contributed by atoms with Crippen molar-refractivity contribution >= 4 is 11.8 Å². The van der Waals surface area contributed by atoms with E-state index in [0.29, 0.717) is 25.3 Å². The van der Waals surface area contributed by atoms with Crippen molar-refractivity contribution in [2.45, 2.75) is 31.7 Å². The molecular formula is C16H20N2O2. The quantitative estimate of drug-likeness (QED) is 0.899. The molecule has 4 nitrogen and oxygen atoms in total. The Labute approximate surface area is 119 Å². The van der Waals surface area contributed by atoms with E-state index in [9.17, 15) is 9.59 Å². The number of rotatable bonds is 4. The molecule has 0 spiro atoms. The molecule has 106 valence electrons. The normalized spacial score (nSPS) is 23.4. The third-order valence-electron chi connectivity index (χ3n) is 4.01. The van der Waals surface area contributed by atoms with Gasteiger partial charge in [0.25, 0.3) is 0 Å². The lowest BCUT2D eigenvalue weighted by Crippen LogP contribution is -2.46. The van der Waals surface area contributed by atoms with E-state index < -0.39 is 6.04 Å². The van der Waals surface area contributed by atoms with Crippen LogP contribution in [0.5, 0.6) is 0 Å². The van der Waals surface area contributed by atoms with Crippen LogP contribution in [0, 0.1) is 5.92 Å². The van der Waals surface area contributed by atoms with E-state index in [-0.39, 0.29) is 11.8 Å². The monoisotopic (exact) mass is 272 g/mol. The summed E-state index contributed by atoms with van der Waals surface area (Å²) in [5, 5.41) is 2.87. The van der Waals surface area contributed by atoms with Crippen LogP contribution in [0.1, 0.15) is 24.8 Å². The molecule has 1 aromatic rings. The number of hydrogen-bond donors (Lipinski definition) is 1. The van der Waals surface area contributed by atoms with Crippen molar-refractivity contribution < 1.29 is 9.59 Å². The number of hydrogen-bond acceptors (Lipinski definition) is 2. The Bertz CT molecular complexity index is 496. The van der Waals surface area contributed by atoms with Crippen LogP contribution in [-0.4, -0.2) is 35.8 Å². The van der Waals surface area contributed by atoms with Crippen molar-refractivity contribution in [1.82, 2.24) is 10.2 Å². The lowest BCUT2D eigenvalue weighted by Gasteiger charge is -2.24. The number of carbonyl (C=O) groups excluding carboxylic acids is 2. The van der Waals surface area contributed by atoms with Gasteiger partial charge in [0.2, 0.25) is 11.8 Å². The number of benzene rings is 1. The zero-order valence-electron chi connectivity index (χ0n) is 11.5. The molecule has 1 atom stereocenters. The highest BCUT2D eigenvalue weighted by Crippen LogP contribution is 2.30. The molecule has 2 amide bonds. The first-order chi connectivity index (χ1) is 9.72. The van der Waals surface area contributed by atoms with Crippen molar-refractivity contribution in [3.63, 3.8) is 0 Å². The molecular weight excluding hydrogens is 252 g/mol. The standard InChI is InChI=1S/C16H20N2O2/c19-15-8-9-18(11-13-6-7-13)16(20)14(17-15)10-12-4-2-1-3-5-12/h1-5,13-14H,6-11H2,(H,17,19). The van der Waals surface area contributed by atoms with Gasteiger partial charge < -0.3 is 10.2 Å². The molecule has 1 aromatic carbocycles. The minimum atomic E-state index is -0.411. The maximum atomic E-state index is 12.6. The van der Waals surface area contributed by atoms with Crippen LogP contribution >= 0.6 is 0 Å².